The first-order valence-corrected chi connectivity index (χ1v) is 6.94. The van der Waals surface area contributed by atoms with Crippen LogP contribution in [0.3, 0.4) is 0 Å². The summed E-state index contributed by atoms with van der Waals surface area (Å²) in [6.45, 7) is 15.0. The van der Waals surface area contributed by atoms with Gasteiger partial charge < -0.3 is 4.74 Å². The highest BCUT2D eigenvalue weighted by Crippen LogP contribution is 2.22. The van der Waals surface area contributed by atoms with Gasteiger partial charge in [0.05, 0.1) is 6.61 Å². The summed E-state index contributed by atoms with van der Waals surface area (Å²) in [5.41, 5.74) is 5.06. The van der Waals surface area contributed by atoms with Crippen molar-refractivity contribution in [1.29, 1.82) is 0 Å². The van der Waals surface area contributed by atoms with Gasteiger partial charge in [-0.15, -0.1) is 0 Å². The molecule has 0 aromatic carbocycles. The third-order valence-electron chi connectivity index (χ3n) is 3.33. The second-order valence-electron chi connectivity index (χ2n) is 5.41. The summed E-state index contributed by atoms with van der Waals surface area (Å²) in [6.07, 6.45) is 4.69. The molecule has 1 atom stereocenters. The number of carbonyl (C=O) groups excluding carboxylic acids is 1. The fourth-order valence-corrected chi connectivity index (χ4v) is 1.74. The van der Waals surface area contributed by atoms with Crippen LogP contribution in [0.2, 0.25) is 0 Å². The van der Waals surface area contributed by atoms with E-state index in [1.54, 1.807) is 6.08 Å². The van der Waals surface area contributed by atoms with Crippen molar-refractivity contribution in [3.8, 4) is 0 Å². The summed E-state index contributed by atoms with van der Waals surface area (Å²) >= 11 is 0. The molecule has 0 aliphatic heterocycles. The smallest absolute Gasteiger partial charge is 0.330 e. The van der Waals surface area contributed by atoms with Crippen molar-refractivity contribution in [3.05, 3.63) is 34.4 Å². The van der Waals surface area contributed by atoms with E-state index in [4.69, 9.17) is 4.74 Å². The number of rotatable bonds is 6. The molecule has 0 amide bonds. The molecule has 0 aromatic rings. The molecule has 2 heteroatoms. The van der Waals surface area contributed by atoms with Gasteiger partial charge in [-0.25, -0.2) is 4.79 Å². The lowest BCUT2D eigenvalue weighted by molar-refractivity contribution is -0.137. The first-order valence-electron chi connectivity index (χ1n) is 6.94. The molecule has 108 valence electrons. The molecule has 0 N–H and O–H groups in total. The number of allylic oxidation sites excluding steroid dienone is 5. The molecule has 0 fully saturated rings. The molecule has 0 saturated heterocycles. The maximum absolute atomic E-state index is 11.3. The molecule has 0 aliphatic rings. The van der Waals surface area contributed by atoms with Crippen LogP contribution in [0.25, 0.3) is 0 Å². The van der Waals surface area contributed by atoms with E-state index in [-0.39, 0.29) is 5.97 Å². The lowest BCUT2D eigenvalue weighted by atomic mass is 9.92. The van der Waals surface area contributed by atoms with Gasteiger partial charge in [-0.05, 0) is 59.5 Å². The number of esters is 1. The Morgan fingerprint density at radius 3 is 2.16 bits per heavy atom. The van der Waals surface area contributed by atoms with E-state index < -0.39 is 0 Å². The average molecular weight is 264 g/mol. The zero-order valence-electron chi connectivity index (χ0n) is 13.5. The van der Waals surface area contributed by atoms with E-state index >= 15 is 0 Å². The van der Waals surface area contributed by atoms with Crippen LogP contribution in [0.4, 0.5) is 0 Å². The molecule has 0 aliphatic carbocycles. The molecule has 0 aromatic heterocycles. The molecule has 0 rings (SSSR count). The minimum atomic E-state index is -0.266. The van der Waals surface area contributed by atoms with E-state index in [1.807, 2.05) is 13.8 Å². The van der Waals surface area contributed by atoms with Gasteiger partial charge in [-0.2, -0.15) is 0 Å². The first-order chi connectivity index (χ1) is 8.77. The Balaban J connectivity index is 4.71. The van der Waals surface area contributed by atoms with E-state index in [9.17, 15) is 4.79 Å². The van der Waals surface area contributed by atoms with Crippen LogP contribution < -0.4 is 0 Å². The van der Waals surface area contributed by atoms with Crippen LogP contribution in [0.15, 0.2) is 34.4 Å². The molecule has 0 spiro atoms. The minimum Gasteiger partial charge on any atom is -0.463 e. The summed E-state index contributed by atoms with van der Waals surface area (Å²) < 4.78 is 4.90. The van der Waals surface area contributed by atoms with Gasteiger partial charge in [-0.1, -0.05) is 29.7 Å². The highest BCUT2D eigenvalue weighted by molar-refractivity contribution is 5.83. The van der Waals surface area contributed by atoms with Crippen molar-refractivity contribution in [2.45, 2.75) is 54.9 Å². The van der Waals surface area contributed by atoms with E-state index in [1.165, 1.54) is 16.7 Å². The van der Waals surface area contributed by atoms with Crippen molar-refractivity contribution < 1.29 is 9.53 Å². The van der Waals surface area contributed by atoms with Gasteiger partial charge in [0.25, 0.3) is 0 Å². The number of hydrogen-bond donors (Lipinski definition) is 0. The standard InChI is InChI=1S/C17H28O2/c1-8-19-17(18)10-13(4)9-15(6)16(7)11-14(5)12(2)3/h9-10,16H,8,11H2,1-7H3. The Bertz CT molecular complexity index is 393. The predicted octanol–water partition coefficient (Wildman–Crippen LogP) is 4.82. The normalized spacial score (nSPS) is 14.1. The topological polar surface area (TPSA) is 26.3 Å². The third kappa shape index (κ3) is 7.66. The fraction of sp³-hybridized carbons (Fsp3) is 0.588. The molecular formula is C17H28O2. The highest BCUT2D eigenvalue weighted by Gasteiger charge is 2.06. The van der Waals surface area contributed by atoms with Crippen molar-refractivity contribution >= 4 is 5.97 Å². The third-order valence-corrected chi connectivity index (χ3v) is 3.33. The summed E-state index contributed by atoms with van der Waals surface area (Å²) in [6, 6.07) is 0. The van der Waals surface area contributed by atoms with Crippen LogP contribution in [0.1, 0.15) is 54.9 Å². The van der Waals surface area contributed by atoms with E-state index in [2.05, 4.69) is 40.7 Å². The van der Waals surface area contributed by atoms with Gasteiger partial charge >= 0.3 is 5.97 Å². The zero-order chi connectivity index (χ0) is 15.0. The average Bonchev–Trinajstić information content (AvgIpc) is 2.28. The molecule has 2 nitrogen and oxygen atoms in total. The second-order valence-corrected chi connectivity index (χ2v) is 5.41. The Morgan fingerprint density at radius 2 is 1.68 bits per heavy atom. The first kappa shape index (κ1) is 17.7. The van der Waals surface area contributed by atoms with Crippen LogP contribution in [0, 0.1) is 5.92 Å². The molecule has 0 radical (unpaired) electrons. The Morgan fingerprint density at radius 1 is 1.11 bits per heavy atom. The molecule has 0 bridgehead atoms. The van der Waals surface area contributed by atoms with Crippen LogP contribution in [-0.4, -0.2) is 12.6 Å². The van der Waals surface area contributed by atoms with Crippen LogP contribution in [0.5, 0.6) is 0 Å². The summed E-state index contributed by atoms with van der Waals surface area (Å²) in [7, 11) is 0. The Hall–Kier alpha value is -1.31. The summed E-state index contributed by atoms with van der Waals surface area (Å²) in [5, 5.41) is 0. The number of hydrogen-bond acceptors (Lipinski definition) is 2. The maximum atomic E-state index is 11.3. The maximum Gasteiger partial charge on any atom is 0.330 e. The van der Waals surface area contributed by atoms with Crippen molar-refractivity contribution in [2.24, 2.45) is 5.92 Å². The van der Waals surface area contributed by atoms with Crippen molar-refractivity contribution in [3.63, 3.8) is 0 Å². The van der Waals surface area contributed by atoms with Gasteiger partial charge in [0.15, 0.2) is 0 Å². The second kappa shape index (κ2) is 8.73. The summed E-state index contributed by atoms with van der Waals surface area (Å²) in [5.74, 6) is 0.220. The van der Waals surface area contributed by atoms with Crippen LogP contribution >= 0.6 is 0 Å². The summed E-state index contributed by atoms with van der Waals surface area (Å²) in [4.78, 5) is 11.3. The van der Waals surface area contributed by atoms with E-state index in [0.29, 0.717) is 12.5 Å². The number of carbonyl (C=O) groups is 1. The number of ether oxygens (including phenoxy) is 1. The quantitative estimate of drug-likeness (QED) is 0.297. The van der Waals surface area contributed by atoms with Crippen molar-refractivity contribution in [2.75, 3.05) is 6.61 Å². The SMILES string of the molecule is CCOC(=O)C=C(C)C=C(C)C(C)CC(C)=C(C)C. The molecule has 0 saturated carbocycles. The largest absolute Gasteiger partial charge is 0.463 e. The molecule has 1 unspecified atom stereocenters. The molecule has 0 heterocycles. The predicted molar refractivity (Wildman–Crippen MR) is 82.0 cm³/mol. The van der Waals surface area contributed by atoms with Gasteiger partial charge in [0.1, 0.15) is 0 Å². The van der Waals surface area contributed by atoms with E-state index in [0.717, 1.165) is 12.0 Å². The lowest BCUT2D eigenvalue weighted by Gasteiger charge is -2.14. The minimum absolute atomic E-state index is 0.266. The molecule has 19 heavy (non-hydrogen) atoms. The lowest BCUT2D eigenvalue weighted by Crippen LogP contribution is -2.01. The van der Waals surface area contributed by atoms with Crippen LogP contribution in [-0.2, 0) is 9.53 Å². The van der Waals surface area contributed by atoms with Gasteiger partial charge in [-0.3, -0.25) is 0 Å². The van der Waals surface area contributed by atoms with Crippen molar-refractivity contribution in [1.82, 2.24) is 0 Å². The monoisotopic (exact) mass is 264 g/mol. The highest BCUT2D eigenvalue weighted by atomic mass is 16.5. The zero-order valence-corrected chi connectivity index (χ0v) is 13.5. The fourth-order valence-electron chi connectivity index (χ4n) is 1.74. The molecular weight excluding hydrogens is 236 g/mol. The van der Waals surface area contributed by atoms with Gasteiger partial charge in [0, 0.05) is 6.08 Å². The Labute approximate surface area is 118 Å². The Kier molecular flexibility index (Phi) is 8.13. The van der Waals surface area contributed by atoms with Gasteiger partial charge in [0.2, 0.25) is 0 Å².